The first kappa shape index (κ1) is 20.5. The molecule has 0 saturated carbocycles. The molecule has 9 heteroatoms. The lowest BCUT2D eigenvalue weighted by Crippen LogP contribution is -2.54. The molecule has 1 heterocycles. The number of nitrogens with zero attached hydrogens (tertiary/aromatic N) is 2. The smallest absolute Gasteiger partial charge is 0.378 e. The van der Waals surface area contributed by atoms with Gasteiger partial charge in [-0.25, -0.2) is 0 Å². The fourth-order valence-electron chi connectivity index (χ4n) is 2.73. The van der Waals surface area contributed by atoms with Crippen molar-refractivity contribution in [2.45, 2.75) is 6.18 Å². The van der Waals surface area contributed by atoms with E-state index in [1.165, 1.54) is 6.08 Å². The third-order valence-corrected chi connectivity index (χ3v) is 4.56. The quantitative estimate of drug-likeness (QED) is 0.469. The highest BCUT2D eigenvalue weighted by Gasteiger charge is 2.35. The molecule has 0 aliphatic carbocycles. The number of hydrogen-bond acceptors (Lipinski definition) is 4. The Kier molecular flexibility index (Phi) is 5.43. The summed E-state index contributed by atoms with van der Waals surface area (Å²) in [7, 11) is 3.77. The number of rotatable bonds is 3. The van der Waals surface area contributed by atoms with Crippen molar-refractivity contribution in [3.8, 4) is 0 Å². The van der Waals surface area contributed by atoms with Crippen molar-refractivity contribution in [1.82, 2.24) is 5.32 Å². The zero-order chi connectivity index (χ0) is 21.3. The molecule has 1 aliphatic heterocycles. The predicted molar refractivity (Wildman–Crippen MR) is 108 cm³/mol. The van der Waals surface area contributed by atoms with Crippen LogP contribution in [0.25, 0.3) is 6.08 Å². The Morgan fingerprint density at radius 3 is 2.10 bits per heavy atom. The molecule has 1 aliphatic rings. The molecule has 0 radical (unpaired) electrons. The molecule has 2 aromatic carbocycles. The highest BCUT2D eigenvalue weighted by Crippen LogP contribution is 2.31. The van der Waals surface area contributed by atoms with Crippen LogP contribution in [-0.4, -0.2) is 31.0 Å². The van der Waals surface area contributed by atoms with Gasteiger partial charge in [-0.15, -0.1) is 0 Å². The molecule has 3 rings (SSSR count). The summed E-state index contributed by atoms with van der Waals surface area (Å²) in [5, 5.41) is 2.21. The average molecular weight is 419 g/mol. The van der Waals surface area contributed by atoms with Crippen LogP contribution in [0.15, 0.2) is 54.1 Å². The minimum atomic E-state index is -4.50. The Morgan fingerprint density at radius 1 is 1.00 bits per heavy atom. The van der Waals surface area contributed by atoms with Crippen molar-refractivity contribution in [2.75, 3.05) is 23.9 Å². The molecule has 0 unspecified atom stereocenters. The van der Waals surface area contributed by atoms with Crippen LogP contribution in [0, 0.1) is 0 Å². The number of alkyl halides is 3. The maximum atomic E-state index is 12.9. The standard InChI is InChI=1S/C20H16F3N3O2S/c1-25(2)14-7-3-12(4-8-14)11-16-17(27)24-19(29)26(18(16)28)15-9-5-13(6-10-15)20(21,22)23/h3-11H,1-2H3,(H,24,27,29). The van der Waals surface area contributed by atoms with Gasteiger partial charge in [0.1, 0.15) is 5.57 Å². The van der Waals surface area contributed by atoms with Crippen molar-refractivity contribution in [1.29, 1.82) is 0 Å². The summed E-state index contributed by atoms with van der Waals surface area (Å²) >= 11 is 5.05. The maximum Gasteiger partial charge on any atom is 0.416 e. The Balaban J connectivity index is 1.93. The number of halogens is 3. The zero-order valence-electron chi connectivity index (χ0n) is 15.4. The number of benzene rings is 2. The van der Waals surface area contributed by atoms with Crippen molar-refractivity contribution in [3.63, 3.8) is 0 Å². The second-order valence-electron chi connectivity index (χ2n) is 6.49. The lowest BCUT2D eigenvalue weighted by atomic mass is 10.1. The first-order valence-electron chi connectivity index (χ1n) is 8.44. The number of anilines is 2. The van der Waals surface area contributed by atoms with Crippen LogP contribution >= 0.6 is 12.2 Å². The fraction of sp³-hybridized carbons (Fsp3) is 0.150. The summed E-state index contributed by atoms with van der Waals surface area (Å²) in [5.41, 5.74) is 0.670. The second kappa shape index (κ2) is 7.67. The molecule has 2 amide bonds. The van der Waals surface area contributed by atoms with Gasteiger partial charge >= 0.3 is 6.18 Å². The van der Waals surface area contributed by atoms with Crippen LogP contribution in [-0.2, 0) is 15.8 Å². The summed E-state index contributed by atoms with van der Waals surface area (Å²) < 4.78 is 38.3. The average Bonchev–Trinajstić information content (AvgIpc) is 2.65. The Bertz CT molecular complexity index is 997. The van der Waals surface area contributed by atoms with Gasteiger partial charge in [0, 0.05) is 19.8 Å². The maximum absolute atomic E-state index is 12.9. The lowest BCUT2D eigenvalue weighted by molar-refractivity contribution is -0.137. The van der Waals surface area contributed by atoms with Gasteiger partial charge < -0.3 is 4.90 Å². The first-order chi connectivity index (χ1) is 13.6. The molecule has 5 nitrogen and oxygen atoms in total. The van der Waals surface area contributed by atoms with Crippen molar-refractivity contribution in [3.05, 3.63) is 65.2 Å². The van der Waals surface area contributed by atoms with Gasteiger partial charge in [0.15, 0.2) is 5.11 Å². The highest BCUT2D eigenvalue weighted by atomic mass is 32.1. The number of carbonyl (C=O) groups is 2. The molecule has 2 aromatic rings. The third-order valence-electron chi connectivity index (χ3n) is 4.27. The number of thiocarbonyl (C=S) groups is 1. The van der Waals surface area contributed by atoms with Gasteiger partial charge in [-0.2, -0.15) is 13.2 Å². The first-order valence-corrected chi connectivity index (χ1v) is 8.85. The van der Waals surface area contributed by atoms with Gasteiger partial charge in [0.2, 0.25) is 0 Å². The summed E-state index contributed by atoms with van der Waals surface area (Å²) in [6.07, 6.45) is -3.08. The fourth-order valence-corrected chi connectivity index (χ4v) is 3.01. The summed E-state index contributed by atoms with van der Waals surface area (Å²) in [4.78, 5) is 28.1. The Morgan fingerprint density at radius 2 is 1.59 bits per heavy atom. The van der Waals surface area contributed by atoms with E-state index in [1.807, 2.05) is 31.1 Å². The minimum absolute atomic E-state index is 0.127. The summed E-state index contributed by atoms with van der Waals surface area (Å²) in [5.74, 6) is -1.38. The monoisotopic (exact) mass is 419 g/mol. The van der Waals surface area contributed by atoms with Crippen molar-refractivity contribution >= 4 is 46.6 Å². The van der Waals surface area contributed by atoms with Crippen LogP contribution in [0.1, 0.15) is 11.1 Å². The van der Waals surface area contributed by atoms with E-state index in [0.717, 1.165) is 34.9 Å². The topological polar surface area (TPSA) is 52.7 Å². The zero-order valence-corrected chi connectivity index (χ0v) is 16.3. The van der Waals surface area contributed by atoms with E-state index in [-0.39, 0.29) is 16.4 Å². The molecule has 0 atom stereocenters. The van der Waals surface area contributed by atoms with E-state index < -0.39 is 23.6 Å². The van der Waals surface area contributed by atoms with E-state index in [2.05, 4.69) is 5.32 Å². The molecule has 0 spiro atoms. The van der Waals surface area contributed by atoms with Gasteiger partial charge in [-0.05, 0) is 60.3 Å². The van der Waals surface area contributed by atoms with E-state index >= 15 is 0 Å². The molecule has 1 saturated heterocycles. The normalized spacial score (nSPS) is 16.2. The van der Waals surface area contributed by atoms with Crippen LogP contribution in [0.2, 0.25) is 0 Å². The molecule has 1 N–H and O–H groups in total. The molecular formula is C20H16F3N3O2S. The number of carbonyl (C=O) groups excluding carboxylic acids is 2. The van der Waals surface area contributed by atoms with Gasteiger partial charge in [-0.3, -0.25) is 19.8 Å². The second-order valence-corrected chi connectivity index (χ2v) is 6.88. The Hall–Kier alpha value is -3.20. The van der Waals surface area contributed by atoms with Gasteiger partial charge in [0.25, 0.3) is 11.8 Å². The van der Waals surface area contributed by atoms with E-state index in [1.54, 1.807) is 12.1 Å². The van der Waals surface area contributed by atoms with Gasteiger partial charge in [0.05, 0.1) is 11.3 Å². The largest absolute Gasteiger partial charge is 0.416 e. The van der Waals surface area contributed by atoms with Crippen molar-refractivity contribution < 1.29 is 22.8 Å². The minimum Gasteiger partial charge on any atom is -0.378 e. The number of hydrogen-bond donors (Lipinski definition) is 1. The SMILES string of the molecule is CN(C)c1ccc(C=C2C(=O)NC(=S)N(c3ccc(C(F)(F)F)cc3)C2=O)cc1. The summed E-state index contributed by atoms with van der Waals surface area (Å²) in [6.45, 7) is 0. The van der Waals surface area contributed by atoms with Gasteiger partial charge in [-0.1, -0.05) is 12.1 Å². The lowest BCUT2D eigenvalue weighted by Gasteiger charge is -2.29. The number of amides is 2. The Labute approximate surface area is 170 Å². The molecular weight excluding hydrogens is 403 g/mol. The third kappa shape index (κ3) is 4.29. The molecule has 150 valence electrons. The van der Waals surface area contributed by atoms with E-state index in [4.69, 9.17) is 12.2 Å². The van der Waals surface area contributed by atoms with E-state index in [9.17, 15) is 22.8 Å². The molecule has 1 fully saturated rings. The molecule has 0 aromatic heterocycles. The highest BCUT2D eigenvalue weighted by molar-refractivity contribution is 7.80. The van der Waals surface area contributed by atoms with Crippen LogP contribution in [0.3, 0.4) is 0 Å². The van der Waals surface area contributed by atoms with Crippen LogP contribution in [0.5, 0.6) is 0 Å². The summed E-state index contributed by atoms with van der Waals surface area (Å²) in [6, 6.07) is 11.1. The van der Waals surface area contributed by atoms with Crippen LogP contribution < -0.4 is 15.1 Å². The van der Waals surface area contributed by atoms with Crippen molar-refractivity contribution in [2.24, 2.45) is 0 Å². The van der Waals surface area contributed by atoms with E-state index in [0.29, 0.717) is 5.56 Å². The molecule has 0 bridgehead atoms. The van der Waals surface area contributed by atoms with Crippen LogP contribution in [0.4, 0.5) is 24.5 Å². The number of nitrogens with one attached hydrogen (secondary N) is 1. The predicted octanol–water partition coefficient (Wildman–Crippen LogP) is 3.60. The molecule has 29 heavy (non-hydrogen) atoms.